The lowest BCUT2D eigenvalue weighted by Gasteiger charge is -2.16. The van der Waals surface area contributed by atoms with Gasteiger partial charge in [-0.3, -0.25) is 0 Å². The van der Waals surface area contributed by atoms with Crippen LogP contribution in [0, 0.1) is 0 Å². The number of methoxy groups -OCH3 is 1. The van der Waals surface area contributed by atoms with Crippen molar-refractivity contribution in [3.63, 3.8) is 0 Å². The number of hydrogen-bond donors (Lipinski definition) is 2. The van der Waals surface area contributed by atoms with Crippen LogP contribution in [-0.2, 0) is 15.9 Å². The third kappa shape index (κ3) is 7.82. The summed E-state index contributed by atoms with van der Waals surface area (Å²) in [7, 11) is 1.63. The molecule has 0 fully saturated rings. The van der Waals surface area contributed by atoms with E-state index in [1.54, 1.807) is 7.11 Å². The third-order valence-electron chi connectivity index (χ3n) is 2.86. The van der Waals surface area contributed by atoms with Crippen LogP contribution in [-0.4, -0.2) is 50.7 Å². The molecule has 0 aromatic heterocycles. The Morgan fingerprint density at radius 2 is 1.95 bits per heavy atom. The number of rotatable bonds is 10. The Labute approximate surface area is 126 Å². The molecule has 4 nitrogen and oxygen atoms in total. The number of halogens is 1. The average molecular weight is 302 g/mol. The SMILES string of the molecule is COCC(C)OCC(O)CNCCc1ccc(Cl)cc1. The maximum Gasteiger partial charge on any atom is 0.0897 e. The van der Waals surface area contributed by atoms with Crippen LogP contribution in [0.15, 0.2) is 24.3 Å². The van der Waals surface area contributed by atoms with Gasteiger partial charge >= 0.3 is 0 Å². The van der Waals surface area contributed by atoms with E-state index in [4.69, 9.17) is 21.1 Å². The molecule has 1 aromatic rings. The Morgan fingerprint density at radius 3 is 2.60 bits per heavy atom. The molecule has 0 amide bonds. The number of benzene rings is 1. The van der Waals surface area contributed by atoms with Crippen molar-refractivity contribution in [2.75, 3.05) is 33.4 Å². The lowest BCUT2D eigenvalue weighted by atomic mass is 10.1. The van der Waals surface area contributed by atoms with Gasteiger partial charge in [0.15, 0.2) is 0 Å². The first-order valence-corrected chi connectivity index (χ1v) is 7.23. The standard InChI is InChI=1S/C15H24ClNO3/c1-12(10-19-2)20-11-15(18)9-17-8-7-13-3-5-14(16)6-4-13/h3-6,12,15,17-18H,7-11H2,1-2H3. The molecule has 0 aliphatic rings. The Hall–Kier alpha value is -0.650. The fourth-order valence-corrected chi connectivity index (χ4v) is 1.90. The van der Waals surface area contributed by atoms with Crippen LogP contribution >= 0.6 is 11.6 Å². The van der Waals surface area contributed by atoms with E-state index in [0.717, 1.165) is 18.0 Å². The van der Waals surface area contributed by atoms with Gasteiger partial charge in [0.1, 0.15) is 0 Å². The highest BCUT2D eigenvalue weighted by molar-refractivity contribution is 6.30. The number of ether oxygens (including phenoxy) is 2. The quantitative estimate of drug-likeness (QED) is 0.648. The van der Waals surface area contributed by atoms with Crippen molar-refractivity contribution in [3.05, 3.63) is 34.9 Å². The molecule has 5 heteroatoms. The van der Waals surface area contributed by atoms with Crippen LogP contribution in [0.1, 0.15) is 12.5 Å². The highest BCUT2D eigenvalue weighted by atomic mass is 35.5. The predicted octanol–water partition coefficient (Wildman–Crippen LogP) is 1.88. The first kappa shape index (κ1) is 17.4. The Morgan fingerprint density at radius 1 is 1.25 bits per heavy atom. The van der Waals surface area contributed by atoms with E-state index in [1.165, 1.54) is 5.56 Å². The summed E-state index contributed by atoms with van der Waals surface area (Å²) in [5, 5.41) is 13.7. The van der Waals surface area contributed by atoms with Gasteiger partial charge in [0, 0.05) is 18.7 Å². The predicted molar refractivity (Wildman–Crippen MR) is 81.3 cm³/mol. The van der Waals surface area contributed by atoms with Crippen LogP contribution < -0.4 is 5.32 Å². The van der Waals surface area contributed by atoms with E-state index in [-0.39, 0.29) is 6.10 Å². The molecule has 2 atom stereocenters. The second-order valence-electron chi connectivity index (χ2n) is 4.83. The summed E-state index contributed by atoms with van der Waals surface area (Å²) >= 11 is 5.83. The molecule has 2 unspecified atom stereocenters. The van der Waals surface area contributed by atoms with Gasteiger partial charge in [0.25, 0.3) is 0 Å². The van der Waals surface area contributed by atoms with Crippen LogP contribution in [0.5, 0.6) is 0 Å². The fraction of sp³-hybridized carbons (Fsp3) is 0.600. The molecule has 2 N–H and O–H groups in total. The minimum Gasteiger partial charge on any atom is -0.389 e. The lowest BCUT2D eigenvalue weighted by Crippen LogP contribution is -2.33. The van der Waals surface area contributed by atoms with Gasteiger partial charge in [-0.2, -0.15) is 0 Å². The zero-order chi connectivity index (χ0) is 14.8. The minimum absolute atomic E-state index is 0.00344. The first-order chi connectivity index (χ1) is 9.61. The van der Waals surface area contributed by atoms with Crippen molar-refractivity contribution in [2.45, 2.75) is 25.6 Å². The van der Waals surface area contributed by atoms with Crippen molar-refractivity contribution >= 4 is 11.6 Å². The summed E-state index contributed by atoms with van der Waals surface area (Å²) in [5.74, 6) is 0. The highest BCUT2D eigenvalue weighted by Gasteiger charge is 2.07. The molecule has 0 saturated carbocycles. The van der Waals surface area contributed by atoms with Gasteiger partial charge in [0.05, 0.1) is 25.4 Å². The lowest BCUT2D eigenvalue weighted by molar-refractivity contribution is -0.0310. The van der Waals surface area contributed by atoms with E-state index in [0.29, 0.717) is 19.8 Å². The molecular formula is C15H24ClNO3. The zero-order valence-electron chi connectivity index (χ0n) is 12.1. The van der Waals surface area contributed by atoms with Gasteiger partial charge in [0.2, 0.25) is 0 Å². The summed E-state index contributed by atoms with van der Waals surface area (Å²) in [5.41, 5.74) is 1.22. The molecule has 114 valence electrons. The summed E-state index contributed by atoms with van der Waals surface area (Å²) < 4.78 is 10.4. The molecule has 0 spiro atoms. The van der Waals surface area contributed by atoms with Crippen molar-refractivity contribution in [1.29, 1.82) is 0 Å². The fourth-order valence-electron chi connectivity index (χ4n) is 1.77. The minimum atomic E-state index is -0.500. The largest absolute Gasteiger partial charge is 0.389 e. The topological polar surface area (TPSA) is 50.7 Å². The summed E-state index contributed by atoms with van der Waals surface area (Å²) in [6.45, 7) is 4.11. The summed E-state index contributed by atoms with van der Waals surface area (Å²) in [6, 6.07) is 7.79. The Kier molecular flexibility index (Phi) is 8.82. The van der Waals surface area contributed by atoms with Gasteiger partial charge < -0.3 is 19.9 Å². The van der Waals surface area contributed by atoms with Crippen LogP contribution in [0.3, 0.4) is 0 Å². The van der Waals surface area contributed by atoms with Gasteiger partial charge in [-0.05, 0) is 37.6 Å². The van der Waals surface area contributed by atoms with Crippen LogP contribution in [0.2, 0.25) is 5.02 Å². The van der Waals surface area contributed by atoms with E-state index in [2.05, 4.69) is 5.32 Å². The van der Waals surface area contributed by atoms with Gasteiger partial charge in [-0.1, -0.05) is 23.7 Å². The molecule has 1 aromatic carbocycles. The van der Waals surface area contributed by atoms with Crippen molar-refractivity contribution in [1.82, 2.24) is 5.32 Å². The molecule has 0 aliphatic carbocycles. The summed E-state index contributed by atoms with van der Waals surface area (Å²) in [6.07, 6.45) is 0.411. The van der Waals surface area contributed by atoms with Crippen molar-refractivity contribution in [3.8, 4) is 0 Å². The second kappa shape index (κ2) is 10.1. The van der Waals surface area contributed by atoms with Gasteiger partial charge in [-0.25, -0.2) is 0 Å². The van der Waals surface area contributed by atoms with E-state index in [1.807, 2.05) is 31.2 Å². The molecule has 0 aliphatic heterocycles. The number of hydrogen-bond acceptors (Lipinski definition) is 4. The van der Waals surface area contributed by atoms with E-state index < -0.39 is 6.10 Å². The van der Waals surface area contributed by atoms with Crippen molar-refractivity contribution < 1.29 is 14.6 Å². The molecule has 0 radical (unpaired) electrons. The number of aliphatic hydroxyl groups excluding tert-OH is 1. The molecular weight excluding hydrogens is 278 g/mol. The van der Waals surface area contributed by atoms with Crippen molar-refractivity contribution in [2.24, 2.45) is 0 Å². The molecule has 0 bridgehead atoms. The monoisotopic (exact) mass is 301 g/mol. The average Bonchev–Trinajstić information content (AvgIpc) is 2.43. The summed E-state index contributed by atoms with van der Waals surface area (Å²) in [4.78, 5) is 0. The van der Waals surface area contributed by atoms with E-state index >= 15 is 0 Å². The van der Waals surface area contributed by atoms with Gasteiger partial charge in [-0.15, -0.1) is 0 Å². The highest BCUT2D eigenvalue weighted by Crippen LogP contribution is 2.09. The molecule has 1 rings (SSSR count). The smallest absolute Gasteiger partial charge is 0.0897 e. The normalized spacial score (nSPS) is 14.2. The Balaban J connectivity index is 2.07. The maximum atomic E-state index is 9.75. The zero-order valence-corrected chi connectivity index (χ0v) is 12.9. The number of aliphatic hydroxyl groups is 1. The number of nitrogens with one attached hydrogen (secondary N) is 1. The molecule has 0 saturated heterocycles. The second-order valence-corrected chi connectivity index (χ2v) is 5.27. The van der Waals surface area contributed by atoms with E-state index in [9.17, 15) is 5.11 Å². The maximum absolute atomic E-state index is 9.75. The van der Waals surface area contributed by atoms with Crippen LogP contribution in [0.4, 0.5) is 0 Å². The van der Waals surface area contributed by atoms with Crippen LogP contribution in [0.25, 0.3) is 0 Å². The molecule has 0 heterocycles. The molecule has 20 heavy (non-hydrogen) atoms. The first-order valence-electron chi connectivity index (χ1n) is 6.85. The Bertz CT molecular complexity index is 359. The third-order valence-corrected chi connectivity index (χ3v) is 3.11.